The summed E-state index contributed by atoms with van der Waals surface area (Å²) in [5.74, 6) is -0.784. The van der Waals surface area contributed by atoms with E-state index in [9.17, 15) is 4.79 Å². The van der Waals surface area contributed by atoms with Crippen molar-refractivity contribution in [2.45, 2.75) is 51.3 Å². The first-order valence-electron chi connectivity index (χ1n) is 5.11. The van der Waals surface area contributed by atoms with Crippen LogP contribution in [0.2, 0.25) is 0 Å². The van der Waals surface area contributed by atoms with Crippen molar-refractivity contribution in [3.8, 4) is 0 Å². The van der Waals surface area contributed by atoms with Gasteiger partial charge in [-0.1, -0.05) is 6.92 Å². The number of aliphatic carboxylic acids is 1. The summed E-state index contributed by atoms with van der Waals surface area (Å²) in [6, 6.07) is -0.468. The van der Waals surface area contributed by atoms with Gasteiger partial charge in [-0.2, -0.15) is 0 Å². The van der Waals surface area contributed by atoms with Crippen LogP contribution >= 0.6 is 0 Å². The van der Waals surface area contributed by atoms with Crippen molar-refractivity contribution in [3.05, 3.63) is 0 Å². The lowest BCUT2D eigenvalue weighted by Gasteiger charge is -2.31. The molecule has 0 aliphatic carbocycles. The molecule has 1 saturated heterocycles. The molecule has 3 unspecified atom stereocenters. The highest BCUT2D eigenvalue weighted by Crippen LogP contribution is 2.25. The maximum Gasteiger partial charge on any atom is 0.320 e. The second kappa shape index (κ2) is 4.28. The zero-order chi connectivity index (χ0) is 10.8. The van der Waals surface area contributed by atoms with Gasteiger partial charge in [-0.15, -0.1) is 0 Å². The third-order valence-corrected chi connectivity index (χ3v) is 3.10. The fourth-order valence-electron chi connectivity index (χ4n) is 1.76. The van der Waals surface area contributed by atoms with Crippen LogP contribution in [0.15, 0.2) is 0 Å². The van der Waals surface area contributed by atoms with E-state index in [1.54, 1.807) is 0 Å². The van der Waals surface area contributed by atoms with Gasteiger partial charge in [0.25, 0.3) is 0 Å². The molecule has 0 amide bonds. The van der Waals surface area contributed by atoms with Crippen molar-refractivity contribution in [1.82, 2.24) is 5.32 Å². The molecule has 1 aliphatic heterocycles. The maximum absolute atomic E-state index is 10.9. The normalized spacial score (nSPS) is 34.4. The number of ether oxygens (including phenoxy) is 1. The highest BCUT2D eigenvalue weighted by atomic mass is 16.5. The fraction of sp³-hybridized carbons (Fsp3) is 0.900. The molecule has 4 nitrogen and oxygen atoms in total. The highest BCUT2D eigenvalue weighted by Gasteiger charge is 2.39. The van der Waals surface area contributed by atoms with Gasteiger partial charge in [0.15, 0.2) is 0 Å². The van der Waals surface area contributed by atoms with Crippen LogP contribution in [0.4, 0.5) is 0 Å². The van der Waals surface area contributed by atoms with E-state index in [0.717, 1.165) is 6.42 Å². The summed E-state index contributed by atoms with van der Waals surface area (Å²) in [5.41, 5.74) is -0.195. The Morgan fingerprint density at radius 3 is 2.79 bits per heavy atom. The lowest BCUT2D eigenvalue weighted by Crippen LogP contribution is -2.54. The van der Waals surface area contributed by atoms with Crippen LogP contribution in [0.5, 0.6) is 0 Å². The summed E-state index contributed by atoms with van der Waals surface area (Å²) in [6.45, 7) is 6.58. The third-order valence-electron chi connectivity index (χ3n) is 3.10. The average molecular weight is 201 g/mol. The van der Waals surface area contributed by atoms with Gasteiger partial charge in [-0.05, 0) is 26.7 Å². The second-order valence-corrected chi connectivity index (χ2v) is 4.12. The third kappa shape index (κ3) is 2.25. The van der Waals surface area contributed by atoms with Crippen LogP contribution in [0.1, 0.15) is 33.6 Å². The smallest absolute Gasteiger partial charge is 0.320 e. The molecule has 14 heavy (non-hydrogen) atoms. The van der Waals surface area contributed by atoms with E-state index in [0.29, 0.717) is 13.0 Å². The average Bonchev–Trinajstić information content (AvgIpc) is 2.43. The van der Waals surface area contributed by atoms with Gasteiger partial charge in [0, 0.05) is 12.1 Å². The molecule has 0 aromatic carbocycles. The van der Waals surface area contributed by atoms with E-state index in [4.69, 9.17) is 9.84 Å². The first-order valence-corrected chi connectivity index (χ1v) is 5.11. The standard InChI is InChI=1S/C10H19NO3/c1-4-8(9(12)13)11-10(3)5-6-14-7(10)2/h7-8,11H,4-6H2,1-3H3,(H,12,13). The van der Waals surface area contributed by atoms with Crippen molar-refractivity contribution in [2.24, 2.45) is 0 Å². The van der Waals surface area contributed by atoms with Gasteiger partial charge in [0.2, 0.25) is 0 Å². The Kier molecular flexibility index (Phi) is 3.50. The van der Waals surface area contributed by atoms with Crippen molar-refractivity contribution in [1.29, 1.82) is 0 Å². The SMILES string of the molecule is CCC(NC1(C)CCOC1C)C(=O)O. The molecule has 1 rings (SSSR count). The Hall–Kier alpha value is -0.610. The van der Waals surface area contributed by atoms with E-state index in [1.165, 1.54) is 0 Å². The topological polar surface area (TPSA) is 58.6 Å². The highest BCUT2D eigenvalue weighted by molar-refractivity contribution is 5.73. The van der Waals surface area contributed by atoms with E-state index >= 15 is 0 Å². The summed E-state index contributed by atoms with van der Waals surface area (Å²) >= 11 is 0. The number of carboxylic acids is 1. The lowest BCUT2D eigenvalue weighted by atomic mass is 9.93. The van der Waals surface area contributed by atoms with Crippen molar-refractivity contribution < 1.29 is 14.6 Å². The van der Waals surface area contributed by atoms with Gasteiger partial charge in [-0.25, -0.2) is 0 Å². The van der Waals surface area contributed by atoms with Crippen molar-refractivity contribution in [3.63, 3.8) is 0 Å². The first kappa shape index (κ1) is 11.5. The molecule has 1 heterocycles. The molecule has 2 N–H and O–H groups in total. The number of rotatable bonds is 4. The van der Waals surface area contributed by atoms with Crippen molar-refractivity contribution >= 4 is 5.97 Å². The molecule has 0 saturated carbocycles. The Morgan fingerprint density at radius 2 is 2.43 bits per heavy atom. The molecular formula is C10H19NO3. The Balaban J connectivity index is 2.60. The summed E-state index contributed by atoms with van der Waals surface area (Å²) in [4.78, 5) is 10.9. The van der Waals surface area contributed by atoms with E-state index < -0.39 is 12.0 Å². The lowest BCUT2D eigenvalue weighted by molar-refractivity contribution is -0.140. The molecular weight excluding hydrogens is 182 g/mol. The zero-order valence-electron chi connectivity index (χ0n) is 9.04. The minimum atomic E-state index is -0.784. The monoisotopic (exact) mass is 201 g/mol. The van der Waals surface area contributed by atoms with E-state index in [-0.39, 0.29) is 11.6 Å². The molecule has 0 spiro atoms. The number of nitrogens with one attached hydrogen (secondary N) is 1. The van der Waals surface area contributed by atoms with Crippen LogP contribution in [0.25, 0.3) is 0 Å². The zero-order valence-corrected chi connectivity index (χ0v) is 9.04. The first-order chi connectivity index (χ1) is 6.49. The molecule has 0 aromatic rings. The van der Waals surface area contributed by atoms with Gasteiger partial charge in [0.05, 0.1) is 6.10 Å². The molecule has 0 bridgehead atoms. The number of carbonyl (C=O) groups is 1. The van der Waals surface area contributed by atoms with Crippen LogP contribution in [0, 0.1) is 0 Å². The number of carboxylic acid groups (broad SMARTS) is 1. The van der Waals surface area contributed by atoms with Crippen LogP contribution < -0.4 is 5.32 Å². The molecule has 3 atom stereocenters. The predicted molar refractivity (Wildman–Crippen MR) is 53.3 cm³/mol. The summed E-state index contributed by atoms with van der Waals surface area (Å²) < 4.78 is 5.44. The molecule has 4 heteroatoms. The fourth-order valence-corrected chi connectivity index (χ4v) is 1.76. The molecule has 0 aromatic heterocycles. The Bertz CT molecular complexity index is 219. The van der Waals surface area contributed by atoms with E-state index in [1.807, 2.05) is 20.8 Å². The number of hydrogen-bond donors (Lipinski definition) is 2. The van der Waals surface area contributed by atoms with Crippen LogP contribution in [-0.2, 0) is 9.53 Å². The predicted octanol–water partition coefficient (Wildman–Crippen LogP) is 1.01. The van der Waals surface area contributed by atoms with Gasteiger partial charge < -0.3 is 9.84 Å². The largest absolute Gasteiger partial charge is 0.480 e. The summed E-state index contributed by atoms with van der Waals surface area (Å²) in [5, 5.41) is 12.1. The van der Waals surface area contributed by atoms with Crippen LogP contribution in [0.3, 0.4) is 0 Å². The quantitative estimate of drug-likeness (QED) is 0.712. The van der Waals surface area contributed by atoms with Gasteiger partial charge in [0.1, 0.15) is 6.04 Å². The Morgan fingerprint density at radius 1 is 1.79 bits per heavy atom. The van der Waals surface area contributed by atoms with E-state index in [2.05, 4.69) is 5.32 Å². The minimum Gasteiger partial charge on any atom is -0.480 e. The maximum atomic E-state index is 10.9. The van der Waals surface area contributed by atoms with Gasteiger partial charge >= 0.3 is 5.97 Å². The molecule has 82 valence electrons. The van der Waals surface area contributed by atoms with Crippen molar-refractivity contribution in [2.75, 3.05) is 6.61 Å². The minimum absolute atomic E-state index is 0.0795. The molecule has 0 radical (unpaired) electrons. The molecule has 1 aliphatic rings. The van der Waals surface area contributed by atoms with Gasteiger partial charge in [-0.3, -0.25) is 10.1 Å². The molecule has 1 fully saturated rings. The van der Waals surface area contributed by atoms with Crippen LogP contribution in [-0.4, -0.2) is 35.4 Å². The summed E-state index contributed by atoms with van der Waals surface area (Å²) in [7, 11) is 0. The second-order valence-electron chi connectivity index (χ2n) is 4.12. The number of hydrogen-bond acceptors (Lipinski definition) is 3. The Labute approximate surface area is 84.6 Å². The summed E-state index contributed by atoms with van der Waals surface area (Å²) in [6.07, 6.45) is 1.55.